The van der Waals surface area contributed by atoms with Gasteiger partial charge in [0, 0.05) is 15.6 Å². The van der Waals surface area contributed by atoms with E-state index in [0.717, 1.165) is 27.0 Å². The predicted octanol–water partition coefficient (Wildman–Crippen LogP) is 3.63. The molecule has 1 amide bonds. The molecule has 2 aromatic carbocycles. The summed E-state index contributed by atoms with van der Waals surface area (Å²) in [4.78, 5) is 16.7. The highest BCUT2D eigenvalue weighted by Crippen LogP contribution is 2.31. The van der Waals surface area contributed by atoms with Gasteiger partial charge in [-0.05, 0) is 28.9 Å². The number of aliphatic imine (C=N–C) groups is 1. The van der Waals surface area contributed by atoms with Crippen molar-refractivity contribution >= 4 is 33.2 Å². The normalized spacial score (nSPS) is 17.8. The van der Waals surface area contributed by atoms with Gasteiger partial charge in [-0.1, -0.05) is 42.5 Å². The molecule has 0 fully saturated rings. The number of para-hydroxylation sites is 1. The SMILES string of the molecule is CC1N=C(c2ccccc2)c2cccc(Br)c2NC1=O. The Morgan fingerprint density at radius 3 is 2.60 bits per heavy atom. The van der Waals surface area contributed by atoms with Crippen molar-refractivity contribution in [3.05, 3.63) is 64.1 Å². The fourth-order valence-corrected chi connectivity index (χ4v) is 2.69. The number of nitrogens with one attached hydrogen (secondary N) is 1. The molecule has 1 aliphatic rings. The fourth-order valence-electron chi connectivity index (χ4n) is 2.22. The number of carbonyl (C=O) groups is 1. The Kier molecular flexibility index (Phi) is 3.40. The smallest absolute Gasteiger partial charge is 0.248 e. The van der Waals surface area contributed by atoms with Crippen LogP contribution in [0.5, 0.6) is 0 Å². The maximum Gasteiger partial charge on any atom is 0.248 e. The van der Waals surface area contributed by atoms with E-state index in [0.29, 0.717) is 0 Å². The summed E-state index contributed by atoms with van der Waals surface area (Å²) < 4.78 is 0.862. The lowest BCUT2D eigenvalue weighted by Crippen LogP contribution is -2.22. The molecule has 1 atom stereocenters. The summed E-state index contributed by atoms with van der Waals surface area (Å²) in [6, 6.07) is 15.4. The van der Waals surface area contributed by atoms with Crippen molar-refractivity contribution in [3.8, 4) is 0 Å². The zero-order valence-corrected chi connectivity index (χ0v) is 12.5. The van der Waals surface area contributed by atoms with E-state index in [1.54, 1.807) is 6.92 Å². The summed E-state index contributed by atoms with van der Waals surface area (Å²) in [5.41, 5.74) is 3.57. The molecule has 100 valence electrons. The van der Waals surface area contributed by atoms with Gasteiger partial charge in [0.25, 0.3) is 0 Å². The Morgan fingerprint density at radius 1 is 1.10 bits per heavy atom. The topological polar surface area (TPSA) is 41.5 Å². The molecular formula is C16H13BrN2O. The Hall–Kier alpha value is -1.94. The number of hydrogen-bond acceptors (Lipinski definition) is 2. The Bertz CT molecular complexity index is 695. The first-order chi connectivity index (χ1) is 9.66. The van der Waals surface area contributed by atoms with Crippen molar-refractivity contribution in [1.82, 2.24) is 0 Å². The van der Waals surface area contributed by atoms with Crippen LogP contribution in [0, 0.1) is 0 Å². The molecule has 0 saturated heterocycles. The van der Waals surface area contributed by atoms with Crippen molar-refractivity contribution in [2.75, 3.05) is 5.32 Å². The van der Waals surface area contributed by atoms with Crippen LogP contribution in [0.1, 0.15) is 18.1 Å². The van der Waals surface area contributed by atoms with Crippen LogP contribution in [-0.2, 0) is 4.79 Å². The number of fused-ring (bicyclic) bond motifs is 1. The average molecular weight is 329 g/mol. The monoisotopic (exact) mass is 328 g/mol. The molecular weight excluding hydrogens is 316 g/mol. The van der Waals surface area contributed by atoms with Gasteiger partial charge in [-0.2, -0.15) is 0 Å². The molecule has 3 nitrogen and oxygen atoms in total. The number of nitrogens with zero attached hydrogens (tertiary/aromatic N) is 1. The third-order valence-electron chi connectivity index (χ3n) is 3.27. The molecule has 1 N–H and O–H groups in total. The minimum Gasteiger partial charge on any atom is -0.323 e. The molecule has 0 radical (unpaired) electrons. The first-order valence-corrected chi connectivity index (χ1v) is 7.19. The van der Waals surface area contributed by atoms with Gasteiger partial charge in [-0.25, -0.2) is 0 Å². The number of benzene rings is 2. The van der Waals surface area contributed by atoms with Crippen LogP contribution in [0.3, 0.4) is 0 Å². The molecule has 0 aliphatic carbocycles. The Morgan fingerprint density at radius 2 is 1.85 bits per heavy atom. The van der Waals surface area contributed by atoms with E-state index in [4.69, 9.17) is 0 Å². The van der Waals surface area contributed by atoms with Crippen molar-refractivity contribution in [1.29, 1.82) is 0 Å². The number of benzodiazepines with no additional fused rings is 1. The number of halogens is 1. The summed E-state index contributed by atoms with van der Waals surface area (Å²) >= 11 is 3.49. The Labute approximate surface area is 125 Å². The zero-order chi connectivity index (χ0) is 14.1. The lowest BCUT2D eigenvalue weighted by molar-refractivity contribution is -0.116. The van der Waals surface area contributed by atoms with E-state index in [9.17, 15) is 4.79 Å². The first kappa shape index (κ1) is 13.1. The van der Waals surface area contributed by atoms with E-state index < -0.39 is 6.04 Å². The summed E-state index contributed by atoms with van der Waals surface area (Å²) in [6.07, 6.45) is 0. The number of carbonyl (C=O) groups excluding carboxylic acids is 1. The molecule has 4 heteroatoms. The molecule has 0 aromatic heterocycles. The minimum atomic E-state index is -0.412. The molecule has 3 rings (SSSR count). The number of amides is 1. The second-order valence-corrected chi connectivity index (χ2v) is 5.53. The summed E-state index contributed by atoms with van der Waals surface area (Å²) in [7, 11) is 0. The van der Waals surface area contributed by atoms with Crippen LogP contribution in [0.4, 0.5) is 5.69 Å². The molecule has 1 unspecified atom stereocenters. The van der Waals surface area contributed by atoms with Crippen LogP contribution in [0.15, 0.2) is 58.0 Å². The van der Waals surface area contributed by atoms with Gasteiger partial charge in [0.05, 0.1) is 11.4 Å². The lowest BCUT2D eigenvalue weighted by Gasteiger charge is -2.11. The molecule has 0 bridgehead atoms. The minimum absolute atomic E-state index is 0.0934. The molecule has 1 aliphatic heterocycles. The van der Waals surface area contributed by atoms with Crippen molar-refractivity contribution in [2.24, 2.45) is 4.99 Å². The van der Waals surface area contributed by atoms with Gasteiger partial charge in [0.15, 0.2) is 0 Å². The quantitative estimate of drug-likeness (QED) is 0.853. The van der Waals surface area contributed by atoms with Gasteiger partial charge in [0.2, 0.25) is 5.91 Å². The first-order valence-electron chi connectivity index (χ1n) is 6.40. The van der Waals surface area contributed by atoms with Crippen LogP contribution in [-0.4, -0.2) is 17.7 Å². The molecule has 1 heterocycles. The van der Waals surface area contributed by atoms with Crippen molar-refractivity contribution in [2.45, 2.75) is 13.0 Å². The summed E-state index contributed by atoms with van der Waals surface area (Å²) in [5.74, 6) is -0.0934. The molecule has 0 saturated carbocycles. The number of anilines is 1. The standard InChI is InChI=1S/C16H13BrN2O/c1-10-16(20)19-15-12(8-5-9-13(15)17)14(18-10)11-6-3-2-4-7-11/h2-10H,1H3,(H,19,20). The van der Waals surface area contributed by atoms with E-state index >= 15 is 0 Å². The van der Waals surface area contributed by atoms with Gasteiger partial charge in [-0.3, -0.25) is 9.79 Å². The van der Waals surface area contributed by atoms with E-state index in [1.807, 2.05) is 48.5 Å². The van der Waals surface area contributed by atoms with Crippen LogP contribution >= 0.6 is 15.9 Å². The van der Waals surface area contributed by atoms with E-state index in [-0.39, 0.29) is 5.91 Å². The van der Waals surface area contributed by atoms with Crippen molar-refractivity contribution < 1.29 is 4.79 Å². The zero-order valence-electron chi connectivity index (χ0n) is 10.9. The third kappa shape index (κ3) is 2.27. The highest BCUT2D eigenvalue weighted by molar-refractivity contribution is 9.10. The predicted molar refractivity (Wildman–Crippen MR) is 84.3 cm³/mol. The second kappa shape index (κ2) is 5.21. The molecule has 0 spiro atoms. The molecule has 2 aromatic rings. The van der Waals surface area contributed by atoms with Crippen molar-refractivity contribution in [3.63, 3.8) is 0 Å². The van der Waals surface area contributed by atoms with E-state index in [2.05, 4.69) is 26.2 Å². The summed E-state index contributed by atoms with van der Waals surface area (Å²) in [5, 5.41) is 2.94. The maximum atomic E-state index is 12.1. The second-order valence-electron chi connectivity index (χ2n) is 4.67. The third-order valence-corrected chi connectivity index (χ3v) is 3.93. The number of rotatable bonds is 1. The summed E-state index contributed by atoms with van der Waals surface area (Å²) in [6.45, 7) is 1.80. The van der Waals surface area contributed by atoms with Gasteiger partial charge < -0.3 is 5.32 Å². The highest BCUT2D eigenvalue weighted by Gasteiger charge is 2.23. The fraction of sp³-hybridized carbons (Fsp3) is 0.125. The van der Waals surface area contributed by atoms with Crippen LogP contribution in [0.25, 0.3) is 0 Å². The lowest BCUT2D eigenvalue weighted by atomic mass is 10.0. The largest absolute Gasteiger partial charge is 0.323 e. The average Bonchev–Trinajstić information content (AvgIpc) is 2.59. The van der Waals surface area contributed by atoms with Crippen LogP contribution < -0.4 is 5.32 Å². The highest BCUT2D eigenvalue weighted by atomic mass is 79.9. The maximum absolute atomic E-state index is 12.1. The van der Waals surface area contributed by atoms with Gasteiger partial charge in [-0.15, -0.1) is 0 Å². The molecule has 20 heavy (non-hydrogen) atoms. The number of hydrogen-bond donors (Lipinski definition) is 1. The van der Waals surface area contributed by atoms with Crippen LogP contribution in [0.2, 0.25) is 0 Å². The van der Waals surface area contributed by atoms with Gasteiger partial charge in [0.1, 0.15) is 6.04 Å². The van der Waals surface area contributed by atoms with Gasteiger partial charge >= 0.3 is 0 Å². The Balaban J connectivity index is 2.25. The van der Waals surface area contributed by atoms with E-state index in [1.165, 1.54) is 0 Å².